The Hall–Kier alpha value is -2.24. The zero-order chi connectivity index (χ0) is 20.8. The number of benzene rings is 1. The van der Waals surface area contributed by atoms with Crippen molar-refractivity contribution in [3.8, 4) is 11.5 Å². The minimum atomic E-state index is -2.90. The summed E-state index contributed by atoms with van der Waals surface area (Å²) >= 11 is 0. The van der Waals surface area contributed by atoms with Crippen LogP contribution in [0.4, 0.5) is 4.79 Å². The van der Waals surface area contributed by atoms with Gasteiger partial charge in [-0.1, -0.05) is 0 Å². The van der Waals surface area contributed by atoms with Crippen molar-refractivity contribution in [3.63, 3.8) is 0 Å². The first-order valence-corrected chi connectivity index (χ1v) is 6.69. The zero-order valence-corrected chi connectivity index (χ0v) is 12.8. The van der Waals surface area contributed by atoms with Gasteiger partial charge in [-0.3, -0.25) is 4.79 Å². The molecule has 1 aliphatic heterocycles. The van der Waals surface area contributed by atoms with Crippen molar-refractivity contribution in [1.82, 2.24) is 4.90 Å². The van der Waals surface area contributed by atoms with Gasteiger partial charge in [-0.15, -0.1) is 0 Å². The van der Waals surface area contributed by atoms with E-state index in [9.17, 15) is 9.59 Å². The normalized spacial score (nSPS) is 20.6. The van der Waals surface area contributed by atoms with Gasteiger partial charge in [0.25, 0.3) is 0 Å². The summed E-state index contributed by atoms with van der Waals surface area (Å²) in [6.45, 7) is 0.785. The highest BCUT2D eigenvalue weighted by atomic mass is 16.7. The van der Waals surface area contributed by atoms with E-state index in [0.717, 1.165) is 0 Å². The molecule has 0 radical (unpaired) electrons. The second-order valence-corrected chi connectivity index (χ2v) is 5.84. The van der Waals surface area contributed by atoms with Crippen LogP contribution in [0.15, 0.2) is 18.2 Å². The molecule has 1 aliphatic rings. The molecule has 1 amide bonds. The average Bonchev–Trinajstić information content (AvgIpc) is 2.75. The number of ether oxygens (including phenoxy) is 3. The number of hydrogen-bond donors (Lipinski definition) is 0. The molecule has 6 nitrogen and oxygen atoms in total. The highest BCUT2D eigenvalue weighted by Crippen LogP contribution is 2.33. The lowest BCUT2D eigenvalue weighted by Gasteiger charge is -2.28. The number of likely N-dealkylation sites (N-methyl/N-ethyl adjacent to an activating group) is 1. The SMILES string of the molecule is [2H]C1([2H])Oc2ccc(C(=O)C(C)N(C(=O)OC(C)(C)C)C([2H])([2H])[2H])cc2O1. The molecule has 22 heavy (non-hydrogen) atoms. The van der Waals surface area contributed by atoms with Gasteiger partial charge in [0, 0.05) is 16.7 Å². The van der Waals surface area contributed by atoms with E-state index in [0.29, 0.717) is 4.90 Å². The highest BCUT2D eigenvalue weighted by Gasteiger charge is 2.28. The minimum absolute atomic E-state index is 0.00996. The second kappa shape index (κ2) is 5.87. The van der Waals surface area contributed by atoms with Crippen LogP contribution in [0.25, 0.3) is 0 Å². The lowest BCUT2D eigenvalue weighted by atomic mass is 10.0. The first-order chi connectivity index (χ1) is 12.1. The summed E-state index contributed by atoms with van der Waals surface area (Å²) in [5.74, 6) is -0.546. The Morgan fingerprint density at radius 3 is 2.68 bits per heavy atom. The number of carbonyl (C=O) groups excluding carboxylic acids is 2. The minimum Gasteiger partial charge on any atom is -0.454 e. The molecule has 0 bridgehead atoms. The van der Waals surface area contributed by atoms with E-state index in [2.05, 4.69) is 0 Å². The van der Waals surface area contributed by atoms with Crippen LogP contribution in [-0.4, -0.2) is 42.1 Å². The Morgan fingerprint density at radius 2 is 2.05 bits per heavy atom. The van der Waals surface area contributed by atoms with Crippen LogP contribution in [-0.2, 0) is 4.74 Å². The standard InChI is InChI=1S/C16H21NO5/c1-10(17(5)15(19)22-16(2,3)4)14(18)11-6-7-12-13(8-11)21-9-20-12/h6-8,10H,9H2,1-5H3/i5D3,9D2. The Labute approximate surface area is 137 Å². The second-order valence-electron chi connectivity index (χ2n) is 5.84. The fourth-order valence-corrected chi connectivity index (χ4v) is 1.76. The first-order valence-electron chi connectivity index (χ1n) is 9.19. The summed E-state index contributed by atoms with van der Waals surface area (Å²) < 4.78 is 52.6. The van der Waals surface area contributed by atoms with Crippen molar-refractivity contribution in [3.05, 3.63) is 23.8 Å². The molecule has 1 aromatic carbocycles. The van der Waals surface area contributed by atoms with E-state index >= 15 is 0 Å². The molecule has 1 atom stereocenters. The third kappa shape index (κ3) is 3.50. The maximum Gasteiger partial charge on any atom is 0.410 e. The van der Waals surface area contributed by atoms with Crippen molar-refractivity contribution in [1.29, 1.82) is 0 Å². The predicted molar refractivity (Wildman–Crippen MR) is 80.4 cm³/mol. The van der Waals surface area contributed by atoms with Gasteiger partial charge in [-0.05, 0) is 45.9 Å². The number of fused-ring (bicyclic) bond motifs is 1. The lowest BCUT2D eigenvalue weighted by molar-refractivity contribution is 0.0231. The number of carbonyl (C=O) groups is 2. The van der Waals surface area contributed by atoms with Gasteiger partial charge in [0.05, 0.1) is 6.04 Å². The molecule has 0 fully saturated rings. The number of Topliss-reactive ketones (excluding diaryl/α,β-unsaturated/α-hetero) is 1. The van der Waals surface area contributed by atoms with Crippen LogP contribution in [0.1, 0.15) is 44.9 Å². The van der Waals surface area contributed by atoms with Crippen molar-refractivity contribution in [2.45, 2.75) is 39.3 Å². The van der Waals surface area contributed by atoms with Crippen molar-refractivity contribution < 1.29 is 30.7 Å². The summed E-state index contributed by atoms with van der Waals surface area (Å²) in [6.07, 6.45) is -1.14. The van der Waals surface area contributed by atoms with Crippen molar-refractivity contribution in [2.75, 3.05) is 13.7 Å². The van der Waals surface area contributed by atoms with Crippen molar-refractivity contribution in [2.24, 2.45) is 0 Å². The molecular weight excluding hydrogens is 286 g/mol. The summed E-state index contributed by atoms with van der Waals surface area (Å²) in [7, 11) is 0. The smallest absolute Gasteiger partial charge is 0.410 e. The fourth-order valence-electron chi connectivity index (χ4n) is 1.76. The molecule has 0 aliphatic carbocycles. The molecule has 0 N–H and O–H groups in total. The van der Waals surface area contributed by atoms with Gasteiger partial charge < -0.3 is 19.1 Å². The highest BCUT2D eigenvalue weighted by molar-refractivity contribution is 6.01. The molecule has 1 unspecified atom stereocenters. The first kappa shape index (κ1) is 10.5. The van der Waals surface area contributed by atoms with Crippen LogP contribution >= 0.6 is 0 Å². The van der Waals surface area contributed by atoms with Gasteiger partial charge >= 0.3 is 6.09 Å². The number of rotatable bonds is 3. The number of nitrogens with zero attached hydrogens (tertiary/aromatic N) is 1. The van der Waals surface area contributed by atoms with Gasteiger partial charge in [0.15, 0.2) is 17.3 Å². The average molecular weight is 312 g/mol. The van der Waals surface area contributed by atoms with Gasteiger partial charge in [-0.25, -0.2) is 4.79 Å². The molecule has 2 rings (SSSR count). The Balaban J connectivity index is 2.30. The molecule has 6 heteroatoms. The summed E-state index contributed by atoms with van der Waals surface area (Å²) in [5.41, 5.74) is -0.895. The Kier molecular flexibility index (Phi) is 2.79. The number of hydrogen-bond acceptors (Lipinski definition) is 5. The topological polar surface area (TPSA) is 65.1 Å². The van der Waals surface area contributed by atoms with Crippen LogP contribution in [0.2, 0.25) is 0 Å². The van der Waals surface area contributed by atoms with E-state index in [1.165, 1.54) is 25.1 Å². The van der Waals surface area contributed by atoms with Gasteiger partial charge in [-0.2, -0.15) is 0 Å². The van der Waals surface area contributed by atoms with Crippen LogP contribution in [0.3, 0.4) is 0 Å². The van der Waals surface area contributed by atoms with Crippen LogP contribution < -0.4 is 9.47 Å². The predicted octanol–water partition coefficient (Wildman–Crippen LogP) is 2.85. The maximum atomic E-state index is 12.8. The number of ketones is 1. The Morgan fingerprint density at radius 1 is 1.36 bits per heavy atom. The third-order valence-electron chi connectivity index (χ3n) is 2.89. The van der Waals surface area contributed by atoms with E-state index in [1.54, 1.807) is 20.8 Å². The maximum absolute atomic E-state index is 12.8. The van der Waals surface area contributed by atoms with E-state index < -0.39 is 37.2 Å². The Bertz CT molecular complexity index is 757. The summed E-state index contributed by atoms with van der Waals surface area (Å²) in [5, 5.41) is 0. The van der Waals surface area contributed by atoms with Crippen molar-refractivity contribution >= 4 is 11.9 Å². The number of amides is 1. The van der Waals surface area contributed by atoms with E-state index in [-0.39, 0.29) is 17.1 Å². The third-order valence-corrected chi connectivity index (χ3v) is 2.89. The molecule has 1 heterocycles. The largest absolute Gasteiger partial charge is 0.454 e. The molecule has 0 spiro atoms. The van der Waals surface area contributed by atoms with E-state index in [4.69, 9.17) is 21.1 Å². The zero-order valence-electron chi connectivity index (χ0n) is 17.8. The molecule has 0 saturated heterocycles. The quantitative estimate of drug-likeness (QED) is 0.803. The molecule has 120 valence electrons. The molecule has 0 saturated carbocycles. The summed E-state index contributed by atoms with van der Waals surface area (Å²) in [6, 6.07) is 2.57. The molecular formula is C16H21NO5. The van der Waals surface area contributed by atoms with Crippen LogP contribution in [0, 0.1) is 0 Å². The molecule has 1 aromatic rings. The summed E-state index contributed by atoms with van der Waals surface area (Å²) in [4.78, 5) is 25.5. The van der Waals surface area contributed by atoms with Gasteiger partial charge in [0.1, 0.15) is 8.34 Å². The van der Waals surface area contributed by atoms with E-state index in [1.807, 2.05) is 0 Å². The van der Waals surface area contributed by atoms with Crippen LogP contribution in [0.5, 0.6) is 11.5 Å². The van der Waals surface area contributed by atoms with Gasteiger partial charge in [0.2, 0.25) is 6.75 Å². The fraction of sp³-hybridized carbons (Fsp3) is 0.500. The molecule has 0 aromatic heterocycles. The lowest BCUT2D eigenvalue weighted by Crippen LogP contribution is -2.43. The monoisotopic (exact) mass is 312 g/mol.